The predicted molar refractivity (Wildman–Crippen MR) is 139 cm³/mol. The Morgan fingerprint density at radius 2 is 1.50 bits per heavy atom. The Balaban J connectivity index is 1.59. The van der Waals surface area contributed by atoms with E-state index < -0.39 is 17.7 Å². The summed E-state index contributed by atoms with van der Waals surface area (Å²) in [4.78, 5) is 38.4. The Labute approximate surface area is 212 Å². The molecule has 3 N–H and O–H groups in total. The molecular formula is C25H20Br2N4O3. The van der Waals surface area contributed by atoms with E-state index in [4.69, 9.17) is 0 Å². The summed E-state index contributed by atoms with van der Waals surface area (Å²) in [6, 6.07) is 23.1. The average molecular weight is 584 g/mol. The normalized spacial score (nSPS) is 11.6. The van der Waals surface area contributed by atoms with Crippen LogP contribution in [0.3, 0.4) is 0 Å². The standard InChI is InChI=1S/C25H20Br2N4O3/c1-15(16-5-3-2-4-6-16)28-24(33)25(34)30-31-21-12-9-19(27)13-17(21)14-22(31)23(32)29-20-10-7-18(26)8-11-20/h2-15H,1H3,(H,28,33)(H,29,32)(H,30,34)/t15-/m1/s1. The van der Waals surface area contributed by atoms with Gasteiger partial charge in [-0.3, -0.25) is 19.8 Å². The maximum Gasteiger partial charge on any atom is 0.328 e. The van der Waals surface area contributed by atoms with Crippen LogP contribution in [-0.2, 0) is 9.59 Å². The van der Waals surface area contributed by atoms with Crippen molar-refractivity contribution in [2.75, 3.05) is 10.7 Å². The highest BCUT2D eigenvalue weighted by Crippen LogP contribution is 2.24. The van der Waals surface area contributed by atoms with E-state index in [1.165, 1.54) is 4.68 Å². The summed E-state index contributed by atoms with van der Waals surface area (Å²) in [7, 11) is 0. The molecule has 9 heteroatoms. The topological polar surface area (TPSA) is 92.2 Å². The number of benzene rings is 3. The fraction of sp³-hybridized carbons (Fsp3) is 0.0800. The summed E-state index contributed by atoms with van der Waals surface area (Å²) in [5, 5.41) is 6.21. The van der Waals surface area contributed by atoms with E-state index in [2.05, 4.69) is 47.9 Å². The third-order valence-electron chi connectivity index (χ3n) is 5.17. The number of carbonyl (C=O) groups is 3. The minimum absolute atomic E-state index is 0.174. The van der Waals surface area contributed by atoms with Crippen LogP contribution in [0.4, 0.5) is 5.69 Å². The molecule has 0 spiro atoms. The molecule has 3 aromatic carbocycles. The van der Waals surface area contributed by atoms with E-state index >= 15 is 0 Å². The minimum atomic E-state index is -0.888. The Hall–Kier alpha value is -3.43. The highest BCUT2D eigenvalue weighted by Gasteiger charge is 2.22. The number of nitrogens with zero attached hydrogens (tertiary/aromatic N) is 1. The lowest BCUT2D eigenvalue weighted by Crippen LogP contribution is -2.40. The summed E-state index contributed by atoms with van der Waals surface area (Å²) in [6.07, 6.45) is 0. The number of anilines is 1. The van der Waals surface area contributed by atoms with Gasteiger partial charge < -0.3 is 10.6 Å². The van der Waals surface area contributed by atoms with Gasteiger partial charge in [0.1, 0.15) is 5.69 Å². The van der Waals surface area contributed by atoms with Gasteiger partial charge in [-0.15, -0.1) is 0 Å². The van der Waals surface area contributed by atoms with Gasteiger partial charge in [-0.2, -0.15) is 0 Å². The van der Waals surface area contributed by atoms with Crippen molar-refractivity contribution in [2.24, 2.45) is 0 Å². The number of fused-ring (bicyclic) bond motifs is 1. The van der Waals surface area contributed by atoms with Crippen LogP contribution in [0.25, 0.3) is 10.9 Å². The second kappa shape index (κ2) is 10.2. The van der Waals surface area contributed by atoms with Gasteiger partial charge in [-0.05, 0) is 61.0 Å². The second-order valence-corrected chi connectivity index (χ2v) is 9.41. The van der Waals surface area contributed by atoms with E-state index in [-0.39, 0.29) is 11.7 Å². The van der Waals surface area contributed by atoms with Crippen LogP contribution in [0.2, 0.25) is 0 Å². The molecule has 4 rings (SSSR count). The molecule has 0 saturated heterocycles. The van der Waals surface area contributed by atoms with Crippen LogP contribution in [0, 0.1) is 0 Å². The molecular weight excluding hydrogens is 564 g/mol. The lowest BCUT2D eigenvalue weighted by Gasteiger charge is -2.16. The molecule has 1 aromatic heterocycles. The lowest BCUT2D eigenvalue weighted by atomic mass is 10.1. The van der Waals surface area contributed by atoms with Crippen molar-refractivity contribution >= 4 is 66.2 Å². The Morgan fingerprint density at radius 1 is 0.824 bits per heavy atom. The molecule has 0 radical (unpaired) electrons. The van der Waals surface area contributed by atoms with E-state index in [1.54, 1.807) is 37.3 Å². The number of aromatic nitrogens is 1. The molecule has 3 amide bonds. The third-order valence-corrected chi connectivity index (χ3v) is 6.19. The molecule has 1 heterocycles. The second-order valence-electron chi connectivity index (χ2n) is 7.58. The molecule has 4 aromatic rings. The molecule has 0 unspecified atom stereocenters. The Bertz CT molecular complexity index is 1370. The van der Waals surface area contributed by atoms with Gasteiger partial charge in [-0.25, -0.2) is 4.68 Å². The van der Waals surface area contributed by atoms with Crippen molar-refractivity contribution in [3.8, 4) is 0 Å². The first-order valence-electron chi connectivity index (χ1n) is 10.4. The van der Waals surface area contributed by atoms with Crippen LogP contribution in [-0.4, -0.2) is 22.4 Å². The number of nitrogens with one attached hydrogen (secondary N) is 3. The van der Waals surface area contributed by atoms with Gasteiger partial charge in [0.05, 0.1) is 11.6 Å². The molecule has 0 aliphatic carbocycles. The van der Waals surface area contributed by atoms with Gasteiger partial charge in [0.15, 0.2) is 0 Å². The zero-order valence-electron chi connectivity index (χ0n) is 18.0. The highest BCUT2D eigenvalue weighted by molar-refractivity contribution is 9.10. The van der Waals surface area contributed by atoms with Crippen molar-refractivity contribution in [3.05, 3.63) is 99.1 Å². The van der Waals surface area contributed by atoms with Gasteiger partial charge in [-0.1, -0.05) is 62.2 Å². The number of carbonyl (C=O) groups excluding carboxylic acids is 3. The van der Waals surface area contributed by atoms with E-state index in [0.717, 1.165) is 14.5 Å². The number of hydrogen-bond acceptors (Lipinski definition) is 3. The van der Waals surface area contributed by atoms with Crippen LogP contribution < -0.4 is 16.1 Å². The van der Waals surface area contributed by atoms with Crippen LogP contribution >= 0.6 is 31.9 Å². The van der Waals surface area contributed by atoms with Crippen LogP contribution in [0.1, 0.15) is 29.0 Å². The molecule has 172 valence electrons. The summed E-state index contributed by atoms with van der Waals surface area (Å²) in [5.74, 6) is -2.14. The van der Waals surface area contributed by atoms with Crippen LogP contribution in [0.5, 0.6) is 0 Å². The van der Waals surface area contributed by atoms with E-state index in [1.807, 2.05) is 48.5 Å². The summed E-state index contributed by atoms with van der Waals surface area (Å²) in [5.41, 5.74) is 4.77. The molecule has 1 atom stereocenters. The minimum Gasteiger partial charge on any atom is -0.341 e. The number of rotatable bonds is 5. The summed E-state index contributed by atoms with van der Waals surface area (Å²) < 4.78 is 3.02. The molecule has 7 nitrogen and oxygen atoms in total. The Kier molecular flexibility index (Phi) is 7.14. The maximum absolute atomic E-state index is 13.1. The van der Waals surface area contributed by atoms with Crippen molar-refractivity contribution in [2.45, 2.75) is 13.0 Å². The molecule has 0 bridgehead atoms. The monoisotopic (exact) mass is 582 g/mol. The molecule has 0 saturated carbocycles. The SMILES string of the molecule is C[C@@H](NC(=O)C(=O)Nn1c(C(=O)Nc2ccc(Br)cc2)cc2cc(Br)ccc21)c1ccccc1. The first kappa shape index (κ1) is 23.7. The maximum atomic E-state index is 13.1. The van der Waals surface area contributed by atoms with Crippen molar-refractivity contribution < 1.29 is 14.4 Å². The molecule has 0 aliphatic rings. The van der Waals surface area contributed by atoms with E-state index in [0.29, 0.717) is 16.6 Å². The Morgan fingerprint density at radius 3 is 2.21 bits per heavy atom. The first-order chi connectivity index (χ1) is 16.3. The van der Waals surface area contributed by atoms with Crippen molar-refractivity contribution in [1.29, 1.82) is 0 Å². The molecule has 0 fully saturated rings. The third kappa shape index (κ3) is 5.37. The zero-order chi connectivity index (χ0) is 24.2. The highest BCUT2D eigenvalue weighted by atomic mass is 79.9. The summed E-state index contributed by atoms with van der Waals surface area (Å²) >= 11 is 6.79. The largest absolute Gasteiger partial charge is 0.341 e. The van der Waals surface area contributed by atoms with Crippen molar-refractivity contribution in [1.82, 2.24) is 9.99 Å². The lowest BCUT2D eigenvalue weighted by molar-refractivity contribution is -0.137. The van der Waals surface area contributed by atoms with E-state index in [9.17, 15) is 14.4 Å². The van der Waals surface area contributed by atoms with Gasteiger partial charge in [0.25, 0.3) is 5.91 Å². The average Bonchev–Trinajstić information content (AvgIpc) is 3.18. The smallest absolute Gasteiger partial charge is 0.328 e. The van der Waals surface area contributed by atoms with Crippen molar-refractivity contribution in [3.63, 3.8) is 0 Å². The predicted octanol–water partition coefficient (Wildman–Crippen LogP) is 5.37. The fourth-order valence-corrected chi connectivity index (χ4v) is 4.08. The molecule has 0 aliphatic heterocycles. The first-order valence-corrected chi connectivity index (χ1v) is 11.9. The van der Waals surface area contributed by atoms with Gasteiger partial charge in [0.2, 0.25) is 0 Å². The van der Waals surface area contributed by atoms with Crippen LogP contribution in [0.15, 0.2) is 87.8 Å². The number of amides is 3. The number of halogens is 2. The van der Waals surface area contributed by atoms with Gasteiger partial charge in [0, 0.05) is 20.0 Å². The number of hydrogen-bond donors (Lipinski definition) is 3. The quantitative estimate of drug-likeness (QED) is 0.276. The van der Waals surface area contributed by atoms with Gasteiger partial charge >= 0.3 is 11.8 Å². The fourth-order valence-electron chi connectivity index (χ4n) is 3.44. The summed E-state index contributed by atoms with van der Waals surface area (Å²) in [6.45, 7) is 1.79. The molecule has 34 heavy (non-hydrogen) atoms. The zero-order valence-corrected chi connectivity index (χ0v) is 21.2.